The molecule has 1 aromatic rings. The molecule has 4 heteroatoms. The number of carbonyl (C=O) groups excluding carboxylic acids is 1. The highest BCUT2D eigenvalue weighted by Crippen LogP contribution is 2.49. The minimum absolute atomic E-state index is 0.0130. The maximum Gasteiger partial charge on any atom is 0.188 e. The maximum absolute atomic E-state index is 12.6. The van der Waals surface area contributed by atoms with E-state index in [1.54, 1.807) is 20.3 Å². The van der Waals surface area contributed by atoms with E-state index in [0.29, 0.717) is 17.4 Å². The molecule has 0 aliphatic heterocycles. The fourth-order valence-electron chi connectivity index (χ4n) is 4.37. The molecule has 2 aliphatic rings. The van der Waals surface area contributed by atoms with Gasteiger partial charge < -0.3 is 14.2 Å². The van der Waals surface area contributed by atoms with E-state index in [-0.39, 0.29) is 30.3 Å². The summed E-state index contributed by atoms with van der Waals surface area (Å²) in [6.45, 7) is 8.30. The van der Waals surface area contributed by atoms with Gasteiger partial charge in [-0.1, -0.05) is 30.4 Å². The fourth-order valence-corrected chi connectivity index (χ4v) is 4.37. The number of benzene rings is 1. The van der Waals surface area contributed by atoms with E-state index < -0.39 is 0 Å². The van der Waals surface area contributed by atoms with Gasteiger partial charge in [0, 0.05) is 13.0 Å². The largest absolute Gasteiger partial charge is 0.493 e. The molecule has 0 radical (unpaired) electrons. The molecular formula is C22H26O4. The second-order valence-corrected chi connectivity index (χ2v) is 7.00. The third-order valence-corrected chi connectivity index (χ3v) is 5.51. The second kappa shape index (κ2) is 7.92. The molecule has 3 rings (SSSR count). The van der Waals surface area contributed by atoms with E-state index in [1.807, 2.05) is 30.4 Å². The minimum atomic E-state index is -0.0130. The van der Waals surface area contributed by atoms with Crippen LogP contribution in [0.4, 0.5) is 0 Å². The number of fused-ring (bicyclic) bond motifs is 1. The van der Waals surface area contributed by atoms with Crippen molar-refractivity contribution in [1.82, 2.24) is 0 Å². The van der Waals surface area contributed by atoms with Gasteiger partial charge >= 0.3 is 0 Å². The molecule has 0 amide bonds. The molecule has 138 valence electrons. The molecule has 0 heterocycles. The molecule has 0 N–H and O–H groups in total. The first-order valence-corrected chi connectivity index (χ1v) is 8.91. The monoisotopic (exact) mass is 354 g/mol. The minimum Gasteiger partial charge on any atom is -0.493 e. The predicted octanol–water partition coefficient (Wildman–Crippen LogP) is 3.97. The molecule has 26 heavy (non-hydrogen) atoms. The lowest BCUT2D eigenvalue weighted by molar-refractivity contribution is -0.120. The van der Waals surface area contributed by atoms with E-state index >= 15 is 0 Å². The molecule has 0 unspecified atom stereocenters. The van der Waals surface area contributed by atoms with Crippen LogP contribution in [0.25, 0.3) is 0 Å². The number of carbonyl (C=O) groups is 1. The highest BCUT2D eigenvalue weighted by molar-refractivity contribution is 5.94. The van der Waals surface area contributed by atoms with E-state index in [1.165, 1.54) is 0 Å². The summed E-state index contributed by atoms with van der Waals surface area (Å²) < 4.78 is 16.0. The zero-order valence-corrected chi connectivity index (χ0v) is 15.4. The van der Waals surface area contributed by atoms with Crippen LogP contribution in [0.2, 0.25) is 0 Å². The summed E-state index contributed by atoms with van der Waals surface area (Å²) in [5.74, 6) is 2.26. The fraction of sp³-hybridized carbons (Fsp3) is 0.409. The summed E-state index contributed by atoms with van der Waals surface area (Å²) >= 11 is 0. The highest BCUT2D eigenvalue weighted by atomic mass is 16.7. The van der Waals surface area contributed by atoms with Crippen LogP contribution in [0.15, 0.2) is 55.2 Å². The van der Waals surface area contributed by atoms with Gasteiger partial charge in [-0.2, -0.15) is 0 Å². The van der Waals surface area contributed by atoms with Crippen LogP contribution in [0.1, 0.15) is 12.0 Å². The van der Waals surface area contributed by atoms with Gasteiger partial charge in [0.05, 0.1) is 7.11 Å². The van der Waals surface area contributed by atoms with Crippen LogP contribution in [-0.2, 0) is 16.0 Å². The van der Waals surface area contributed by atoms with Gasteiger partial charge in [-0.3, -0.25) is 4.79 Å². The van der Waals surface area contributed by atoms with Crippen molar-refractivity contribution in [1.29, 1.82) is 0 Å². The van der Waals surface area contributed by atoms with Crippen molar-refractivity contribution in [3.63, 3.8) is 0 Å². The number of allylic oxidation sites excluding steroid dienone is 4. The summed E-state index contributed by atoms with van der Waals surface area (Å²) in [6.07, 6.45) is 7.29. The number of hydrogen-bond acceptors (Lipinski definition) is 4. The lowest BCUT2D eigenvalue weighted by Gasteiger charge is -2.28. The molecule has 0 aromatic heterocycles. The van der Waals surface area contributed by atoms with Crippen molar-refractivity contribution in [3.8, 4) is 11.5 Å². The molecule has 0 saturated heterocycles. The quantitative estimate of drug-likeness (QED) is 0.549. The Morgan fingerprint density at radius 1 is 1.19 bits per heavy atom. The summed E-state index contributed by atoms with van der Waals surface area (Å²) in [4.78, 5) is 12.6. The Morgan fingerprint density at radius 3 is 2.69 bits per heavy atom. The van der Waals surface area contributed by atoms with Crippen molar-refractivity contribution in [2.75, 3.05) is 21.0 Å². The van der Waals surface area contributed by atoms with Crippen LogP contribution in [0.5, 0.6) is 11.5 Å². The molecule has 4 nitrogen and oxygen atoms in total. The number of ketones is 1. The average molecular weight is 354 g/mol. The normalized spacial score (nSPS) is 27.3. The molecule has 0 bridgehead atoms. The Labute approximate surface area is 155 Å². The zero-order valence-electron chi connectivity index (χ0n) is 15.4. The Hall–Kier alpha value is -2.33. The van der Waals surface area contributed by atoms with Gasteiger partial charge in [-0.05, 0) is 54.4 Å². The van der Waals surface area contributed by atoms with Gasteiger partial charge in [-0.15, -0.1) is 6.58 Å². The number of hydrogen-bond donors (Lipinski definition) is 0. The molecule has 0 spiro atoms. The summed E-state index contributed by atoms with van der Waals surface area (Å²) in [5.41, 5.74) is 2.17. The average Bonchev–Trinajstić information content (AvgIpc) is 3.03. The topological polar surface area (TPSA) is 44.8 Å². The predicted molar refractivity (Wildman–Crippen MR) is 101 cm³/mol. The van der Waals surface area contributed by atoms with Crippen LogP contribution in [0.3, 0.4) is 0 Å². The van der Waals surface area contributed by atoms with E-state index in [4.69, 9.17) is 14.2 Å². The zero-order chi connectivity index (χ0) is 18.7. The van der Waals surface area contributed by atoms with E-state index in [0.717, 1.165) is 24.0 Å². The first-order chi connectivity index (χ1) is 12.6. The SMILES string of the molecule is C=C[C@@H]1C[C@H](Cc2ccc(OC)c(OCOC)c2)[C@H]2C(=O)C=CC(=C)[C@H]21. The molecule has 2 aliphatic carbocycles. The van der Waals surface area contributed by atoms with Crippen molar-refractivity contribution in [2.24, 2.45) is 23.7 Å². The number of ether oxygens (including phenoxy) is 3. The van der Waals surface area contributed by atoms with Crippen molar-refractivity contribution < 1.29 is 19.0 Å². The first-order valence-electron chi connectivity index (χ1n) is 8.91. The smallest absolute Gasteiger partial charge is 0.188 e. The summed E-state index contributed by atoms with van der Waals surface area (Å²) in [7, 11) is 3.20. The maximum atomic E-state index is 12.6. The van der Waals surface area contributed by atoms with Crippen molar-refractivity contribution in [3.05, 3.63) is 60.7 Å². The van der Waals surface area contributed by atoms with Crippen LogP contribution >= 0.6 is 0 Å². The molecule has 4 atom stereocenters. The summed E-state index contributed by atoms with van der Waals surface area (Å²) in [5, 5.41) is 0. The Morgan fingerprint density at radius 2 is 2.00 bits per heavy atom. The standard InChI is InChI=1S/C22H26O4/c1-5-16-12-17(22-18(23)8-6-14(2)21(16)22)10-15-7-9-19(25-4)20(11-15)26-13-24-3/h5-9,11,16-17,21-22H,1-2,10,12-13H2,3-4H3/t16-,17+,21+,22+/m1/s1. The molecule has 1 aromatic carbocycles. The van der Waals surface area contributed by atoms with Crippen LogP contribution in [0, 0.1) is 23.7 Å². The second-order valence-electron chi connectivity index (χ2n) is 7.00. The number of rotatable bonds is 7. The Bertz CT molecular complexity index is 734. The van der Waals surface area contributed by atoms with Crippen molar-refractivity contribution in [2.45, 2.75) is 12.8 Å². The van der Waals surface area contributed by atoms with Crippen LogP contribution in [-0.4, -0.2) is 26.8 Å². The van der Waals surface area contributed by atoms with Gasteiger partial charge in [0.15, 0.2) is 24.1 Å². The Balaban J connectivity index is 1.84. The van der Waals surface area contributed by atoms with Gasteiger partial charge in [0.25, 0.3) is 0 Å². The van der Waals surface area contributed by atoms with Crippen molar-refractivity contribution >= 4 is 5.78 Å². The first kappa shape index (κ1) is 18.5. The number of methoxy groups -OCH3 is 2. The Kier molecular flexibility index (Phi) is 5.62. The lowest BCUT2D eigenvalue weighted by atomic mass is 9.75. The molecule has 1 saturated carbocycles. The van der Waals surface area contributed by atoms with E-state index in [2.05, 4.69) is 13.2 Å². The van der Waals surface area contributed by atoms with Gasteiger partial charge in [0.1, 0.15) is 0 Å². The van der Waals surface area contributed by atoms with Gasteiger partial charge in [-0.25, -0.2) is 0 Å². The third-order valence-electron chi connectivity index (χ3n) is 5.51. The van der Waals surface area contributed by atoms with Crippen LogP contribution < -0.4 is 9.47 Å². The van der Waals surface area contributed by atoms with E-state index in [9.17, 15) is 4.79 Å². The lowest BCUT2D eigenvalue weighted by Crippen LogP contribution is -2.29. The molecular weight excluding hydrogens is 328 g/mol. The summed E-state index contributed by atoms with van der Waals surface area (Å²) in [6, 6.07) is 5.91. The highest BCUT2D eigenvalue weighted by Gasteiger charge is 2.46. The molecule has 1 fully saturated rings. The van der Waals surface area contributed by atoms with Gasteiger partial charge in [0.2, 0.25) is 0 Å². The third kappa shape index (κ3) is 3.47.